The Morgan fingerprint density at radius 1 is 1.16 bits per heavy atom. The van der Waals surface area contributed by atoms with Gasteiger partial charge in [-0.1, -0.05) is 41.4 Å². The molecular weight excluding hydrogens is 430 g/mol. The first-order valence-electron chi connectivity index (χ1n) is 9.82. The number of carbonyl (C=O) groups is 1. The van der Waals surface area contributed by atoms with Crippen molar-refractivity contribution < 1.29 is 9.53 Å². The van der Waals surface area contributed by atoms with Crippen molar-refractivity contribution in [1.82, 2.24) is 9.78 Å². The Labute approximate surface area is 190 Å². The van der Waals surface area contributed by atoms with Crippen LogP contribution in [0, 0.1) is 13.8 Å². The SMILES string of the molecule is Cc1ccc(OCc2csc(C(=O)Nc3cccc(Cn4cc(Cl)cn4)c3)c2)c(C)c1. The Morgan fingerprint density at radius 3 is 2.81 bits per heavy atom. The summed E-state index contributed by atoms with van der Waals surface area (Å²) in [7, 11) is 0. The highest BCUT2D eigenvalue weighted by molar-refractivity contribution is 7.12. The average molecular weight is 452 g/mol. The molecule has 0 unspecified atom stereocenters. The number of benzene rings is 2. The van der Waals surface area contributed by atoms with Gasteiger partial charge in [0.15, 0.2) is 0 Å². The van der Waals surface area contributed by atoms with Crippen LogP contribution < -0.4 is 10.1 Å². The molecule has 0 radical (unpaired) electrons. The number of carbonyl (C=O) groups excluding carboxylic acids is 1. The fourth-order valence-electron chi connectivity index (χ4n) is 3.24. The van der Waals surface area contributed by atoms with Gasteiger partial charge < -0.3 is 10.1 Å². The minimum atomic E-state index is -0.137. The molecule has 2 heterocycles. The molecule has 2 aromatic heterocycles. The van der Waals surface area contributed by atoms with Crippen molar-refractivity contribution in [2.24, 2.45) is 0 Å². The van der Waals surface area contributed by atoms with E-state index >= 15 is 0 Å². The zero-order valence-electron chi connectivity index (χ0n) is 17.3. The summed E-state index contributed by atoms with van der Waals surface area (Å²) in [4.78, 5) is 13.3. The molecular formula is C24H22ClN3O2S. The average Bonchev–Trinajstić information content (AvgIpc) is 3.37. The van der Waals surface area contributed by atoms with Crippen LogP contribution in [0.25, 0.3) is 0 Å². The first-order chi connectivity index (χ1) is 15.0. The molecule has 0 saturated carbocycles. The summed E-state index contributed by atoms with van der Waals surface area (Å²) in [5, 5.41) is 9.71. The molecule has 0 aliphatic carbocycles. The number of aryl methyl sites for hydroxylation is 2. The summed E-state index contributed by atoms with van der Waals surface area (Å²) in [6, 6.07) is 15.7. The highest BCUT2D eigenvalue weighted by atomic mass is 35.5. The van der Waals surface area contributed by atoms with E-state index in [1.807, 2.05) is 54.8 Å². The molecule has 1 amide bonds. The fraction of sp³-hybridized carbons (Fsp3) is 0.167. The molecule has 5 nitrogen and oxygen atoms in total. The number of ether oxygens (including phenoxy) is 1. The normalized spacial score (nSPS) is 10.8. The Hall–Kier alpha value is -3.09. The minimum Gasteiger partial charge on any atom is -0.489 e. The van der Waals surface area contributed by atoms with Crippen molar-refractivity contribution in [3.8, 4) is 5.75 Å². The number of anilines is 1. The van der Waals surface area contributed by atoms with E-state index in [0.29, 0.717) is 23.1 Å². The lowest BCUT2D eigenvalue weighted by molar-refractivity contribution is 0.103. The summed E-state index contributed by atoms with van der Waals surface area (Å²) in [5.41, 5.74) is 5.04. The second-order valence-corrected chi connectivity index (χ2v) is 8.74. The van der Waals surface area contributed by atoms with Gasteiger partial charge in [-0.05, 0) is 54.6 Å². The van der Waals surface area contributed by atoms with Crippen LogP contribution in [-0.2, 0) is 13.2 Å². The van der Waals surface area contributed by atoms with E-state index in [2.05, 4.69) is 23.4 Å². The number of nitrogens with one attached hydrogen (secondary N) is 1. The first kappa shape index (κ1) is 21.2. The predicted octanol–water partition coefficient (Wildman–Crippen LogP) is 6.09. The summed E-state index contributed by atoms with van der Waals surface area (Å²) >= 11 is 7.33. The van der Waals surface area contributed by atoms with Crippen molar-refractivity contribution in [2.45, 2.75) is 27.0 Å². The number of thiophene rings is 1. The molecule has 0 aliphatic heterocycles. The molecule has 2 aromatic carbocycles. The molecule has 0 aliphatic rings. The molecule has 0 fully saturated rings. The van der Waals surface area contributed by atoms with Gasteiger partial charge in [0.1, 0.15) is 12.4 Å². The Kier molecular flexibility index (Phi) is 6.39. The van der Waals surface area contributed by atoms with Crippen LogP contribution in [0.2, 0.25) is 5.02 Å². The van der Waals surface area contributed by atoms with E-state index in [9.17, 15) is 4.79 Å². The van der Waals surface area contributed by atoms with Crippen molar-refractivity contribution in [3.05, 3.63) is 98.5 Å². The molecule has 4 aromatic rings. The molecule has 31 heavy (non-hydrogen) atoms. The zero-order valence-corrected chi connectivity index (χ0v) is 18.8. The number of hydrogen-bond donors (Lipinski definition) is 1. The van der Waals surface area contributed by atoms with Gasteiger partial charge in [0, 0.05) is 17.4 Å². The van der Waals surface area contributed by atoms with E-state index in [1.54, 1.807) is 17.1 Å². The largest absolute Gasteiger partial charge is 0.489 e. The lowest BCUT2D eigenvalue weighted by atomic mass is 10.1. The summed E-state index contributed by atoms with van der Waals surface area (Å²) in [5.74, 6) is 0.722. The van der Waals surface area contributed by atoms with Crippen molar-refractivity contribution in [3.63, 3.8) is 0 Å². The number of halogens is 1. The molecule has 0 spiro atoms. The van der Waals surface area contributed by atoms with Crippen LogP contribution in [0.5, 0.6) is 5.75 Å². The Bertz CT molecular complexity index is 1220. The van der Waals surface area contributed by atoms with E-state index in [0.717, 1.165) is 28.1 Å². The smallest absolute Gasteiger partial charge is 0.265 e. The van der Waals surface area contributed by atoms with Gasteiger partial charge >= 0.3 is 0 Å². The quantitative estimate of drug-likeness (QED) is 0.369. The number of nitrogens with zero attached hydrogens (tertiary/aromatic N) is 2. The topological polar surface area (TPSA) is 56.1 Å². The lowest BCUT2D eigenvalue weighted by Crippen LogP contribution is -2.10. The maximum atomic E-state index is 12.7. The summed E-state index contributed by atoms with van der Waals surface area (Å²) in [6.45, 7) is 5.10. The first-order valence-corrected chi connectivity index (χ1v) is 11.1. The Morgan fingerprint density at radius 2 is 2.03 bits per heavy atom. The van der Waals surface area contributed by atoms with Gasteiger partial charge in [-0.15, -0.1) is 11.3 Å². The molecule has 1 N–H and O–H groups in total. The highest BCUT2D eigenvalue weighted by Gasteiger charge is 2.11. The van der Waals surface area contributed by atoms with Crippen molar-refractivity contribution >= 4 is 34.5 Å². The number of aromatic nitrogens is 2. The zero-order chi connectivity index (χ0) is 21.8. The van der Waals surface area contributed by atoms with Crippen LogP contribution in [-0.4, -0.2) is 15.7 Å². The van der Waals surface area contributed by atoms with Crippen LogP contribution >= 0.6 is 22.9 Å². The van der Waals surface area contributed by atoms with Gasteiger partial charge in [-0.3, -0.25) is 9.48 Å². The van der Waals surface area contributed by atoms with E-state index in [1.165, 1.54) is 16.9 Å². The van der Waals surface area contributed by atoms with Gasteiger partial charge in [0.05, 0.1) is 22.6 Å². The maximum Gasteiger partial charge on any atom is 0.265 e. The third-order valence-electron chi connectivity index (χ3n) is 4.73. The number of hydrogen-bond acceptors (Lipinski definition) is 4. The predicted molar refractivity (Wildman–Crippen MR) is 125 cm³/mol. The molecule has 0 saturated heterocycles. The van der Waals surface area contributed by atoms with Crippen LogP contribution in [0.15, 0.2) is 66.3 Å². The molecule has 158 valence electrons. The van der Waals surface area contributed by atoms with E-state index in [4.69, 9.17) is 16.3 Å². The number of rotatable bonds is 7. The maximum absolute atomic E-state index is 12.7. The fourth-order valence-corrected chi connectivity index (χ4v) is 4.19. The lowest BCUT2D eigenvalue weighted by Gasteiger charge is -2.08. The second-order valence-electron chi connectivity index (χ2n) is 7.39. The minimum absolute atomic E-state index is 0.137. The molecule has 0 atom stereocenters. The summed E-state index contributed by atoms with van der Waals surface area (Å²) in [6.07, 6.45) is 3.37. The standard InChI is InChI=1S/C24H22ClN3O2S/c1-16-6-7-22(17(2)8-16)30-14-19-10-23(31-15-19)24(29)27-21-5-3-4-18(9-21)12-28-13-20(25)11-26-28/h3-11,13,15H,12,14H2,1-2H3,(H,27,29). The van der Waals surface area contributed by atoms with Gasteiger partial charge in [0.25, 0.3) is 5.91 Å². The highest BCUT2D eigenvalue weighted by Crippen LogP contribution is 2.23. The van der Waals surface area contributed by atoms with E-state index in [-0.39, 0.29) is 5.91 Å². The molecule has 0 bridgehead atoms. The van der Waals surface area contributed by atoms with Crippen LogP contribution in [0.3, 0.4) is 0 Å². The second kappa shape index (κ2) is 9.37. The third-order valence-corrected chi connectivity index (χ3v) is 5.91. The van der Waals surface area contributed by atoms with Gasteiger partial charge in [0.2, 0.25) is 0 Å². The number of amides is 1. The monoisotopic (exact) mass is 451 g/mol. The van der Waals surface area contributed by atoms with Gasteiger partial charge in [-0.2, -0.15) is 5.10 Å². The van der Waals surface area contributed by atoms with Crippen LogP contribution in [0.1, 0.15) is 31.9 Å². The van der Waals surface area contributed by atoms with Crippen LogP contribution in [0.4, 0.5) is 5.69 Å². The third kappa shape index (κ3) is 5.54. The van der Waals surface area contributed by atoms with E-state index < -0.39 is 0 Å². The Balaban J connectivity index is 1.37. The molecule has 7 heteroatoms. The van der Waals surface area contributed by atoms with Crippen molar-refractivity contribution in [1.29, 1.82) is 0 Å². The molecule has 4 rings (SSSR count). The van der Waals surface area contributed by atoms with Gasteiger partial charge in [-0.25, -0.2) is 0 Å². The van der Waals surface area contributed by atoms with Crippen molar-refractivity contribution in [2.75, 3.05) is 5.32 Å². The summed E-state index contributed by atoms with van der Waals surface area (Å²) < 4.78 is 7.68.